The van der Waals surface area contributed by atoms with Gasteiger partial charge in [-0.1, -0.05) is 54.1 Å². The fourth-order valence-corrected chi connectivity index (χ4v) is 6.94. The summed E-state index contributed by atoms with van der Waals surface area (Å²) in [6.07, 6.45) is 11.8. The standard InChI is InChI=1S/C37H51N7O5S2/c1-4-9-28(5-2)20-31(41-37(47)49-25-33-23-39-27-51-33)13-12-30(21-29-10-7-6-8-11-29)40-35(45)34(14-15-44-16-18-48-19-17-44)42-36(46)43(3)24-32-22-38-26-50-32/h4-11,22-23,26-27,30-31,34H,12-21,24-25H2,1-3H3,(H,40,45)(H,41,47)(H,42,46)/b9-4-,28-5+. The highest BCUT2D eigenvalue weighted by atomic mass is 32.1. The van der Waals surface area contributed by atoms with Crippen LogP contribution in [0.3, 0.4) is 0 Å². The molecule has 3 atom stereocenters. The average Bonchev–Trinajstić information content (AvgIpc) is 3.87. The second kappa shape index (κ2) is 22.0. The van der Waals surface area contributed by atoms with Crippen LogP contribution in [0.1, 0.15) is 54.8 Å². The molecular formula is C37H51N7O5S2. The van der Waals surface area contributed by atoms with E-state index in [1.54, 1.807) is 35.4 Å². The van der Waals surface area contributed by atoms with E-state index in [2.05, 4.69) is 30.8 Å². The summed E-state index contributed by atoms with van der Waals surface area (Å²) in [4.78, 5) is 54.2. The van der Waals surface area contributed by atoms with Crippen molar-refractivity contribution in [1.29, 1.82) is 0 Å². The average molecular weight is 738 g/mol. The lowest BCUT2D eigenvalue weighted by molar-refractivity contribution is -0.124. The number of urea groups is 1. The first-order valence-corrected chi connectivity index (χ1v) is 19.2. The number of rotatable bonds is 19. The molecule has 51 heavy (non-hydrogen) atoms. The van der Waals surface area contributed by atoms with Gasteiger partial charge in [0, 0.05) is 56.0 Å². The maximum atomic E-state index is 14.1. The van der Waals surface area contributed by atoms with Crippen LogP contribution in [0.25, 0.3) is 0 Å². The van der Waals surface area contributed by atoms with Gasteiger partial charge in [0.1, 0.15) is 12.6 Å². The highest BCUT2D eigenvalue weighted by molar-refractivity contribution is 7.09. The Bertz CT molecular complexity index is 1510. The summed E-state index contributed by atoms with van der Waals surface area (Å²) in [5.74, 6) is -0.236. The van der Waals surface area contributed by atoms with Gasteiger partial charge in [0.15, 0.2) is 0 Å². The Morgan fingerprint density at radius 1 is 0.961 bits per heavy atom. The minimum Gasteiger partial charge on any atom is -0.444 e. The molecular weight excluding hydrogens is 687 g/mol. The lowest BCUT2D eigenvalue weighted by atomic mass is 9.95. The monoisotopic (exact) mass is 737 g/mol. The number of amides is 4. The first kappa shape index (κ1) is 39.7. The quantitative estimate of drug-likeness (QED) is 0.136. The Labute approximate surface area is 309 Å². The van der Waals surface area contributed by atoms with Crippen molar-refractivity contribution >= 4 is 40.7 Å². The number of hydrogen-bond acceptors (Lipinski definition) is 10. The molecule has 2 aromatic heterocycles. The Kier molecular flexibility index (Phi) is 17.1. The van der Waals surface area contributed by atoms with Gasteiger partial charge >= 0.3 is 12.1 Å². The number of carbonyl (C=O) groups excluding carboxylic acids is 3. The molecule has 4 amide bonds. The van der Waals surface area contributed by atoms with Crippen molar-refractivity contribution in [2.24, 2.45) is 0 Å². The van der Waals surface area contributed by atoms with Crippen LogP contribution in [-0.4, -0.2) is 95.8 Å². The minimum absolute atomic E-state index is 0.151. The maximum Gasteiger partial charge on any atom is 0.407 e. The number of nitrogens with one attached hydrogen (secondary N) is 3. The Morgan fingerprint density at radius 3 is 2.33 bits per heavy atom. The Hall–Kier alpha value is -4.11. The smallest absolute Gasteiger partial charge is 0.407 e. The van der Waals surface area contributed by atoms with E-state index in [4.69, 9.17) is 9.47 Å². The molecule has 1 aliphatic heterocycles. The normalized spacial score (nSPS) is 15.5. The van der Waals surface area contributed by atoms with E-state index in [0.29, 0.717) is 58.4 Å². The number of benzene rings is 1. The third-order valence-electron chi connectivity index (χ3n) is 8.59. The second-order valence-corrected chi connectivity index (χ2v) is 14.4. The molecule has 0 aliphatic carbocycles. The molecule has 3 N–H and O–H groups in total. The van der Waals surface area contributed by atoms with Crippen molar-refractivity contribution < 1.29 is 23.9 Å². The Morgan fingerprint density at radius 2 is 1.67 bits per heavy atom. The lowest BCUT2D eigenvalue weighted by Crippen LogP contribution is -2.54. The molecule has 12 nitrogen and oxygen atoms in total. The van der Waals surface area contributed by atoms with Crippen LogP contribution in [0.5, 0.6) is 0 Å². The predicted molar refractivity (Wildman–Crippen MR) is 201 cm³/mol. The van der Waals surface area contributed by atoms with Gasteiger partial charge in [0.25, 0.3) is 0 Å². The van der Waals surface area contributed by atoms with E-state index >= 15 is 0 Å². The van der Waals surface area contributed by atoms with Gasteiger partial charge in [-0.15, -0.1) is 22.7 Å². The summed E-state index contributed by atoms with van der Waals surface area (Å²) in [6.45, 7) is 8.01. The summed E-state index contributed by atoms with van der Waals surface area (Å²) in [5, 5.41) is 9.36. The summed E-state index contributed by atoms with van der Waals surface area (Å²) in [6, 6.07) is 8.45. The zero-order valence-corrected chi connectivity index (χ0v) is 31.4. The van der Waals surface area contributed by atoms with E-state index in [9.17, 15) is 14.4 Å². The van der Waals surface area contributed by atoms with Crippen LogP contribution in [-0.2, 0) is 33.8 Å². The van der Waals surface area contributed by atoms with Gasteiger partial charge in [-0.05, 0) is 51.5 Å². The fraction of sp³-hybridized carbons (Fsp3) is 0.486. The number of carbonyl (C=O) groups is 3. The van der Waals surface area contributed by atoms with Gasteiger partial charge in [-0.2, -0.15) is 0 Å². The molecule has 4 rings (SSSR count). The zero-order valence-electron chi connectivity index (χ0n) is 29.8. The fourth-order valence-electron chi connectivity index (χ4n) is 5.78. The zero-order chi connectivity index (χ0) is 36.3. The molecule has 3 aromatic rings. The summed E-state index contributed by atoms with van der Waals surface area (Å²) < 4.78 is 11.0. The van der Waals surface area contributed by atoms with E-state index < -0.39 is 12.1 Å². The topological polar surface area (TPSA) is 138 Å². The molecule has 1 aromatic carbocycles. The van der Waals surface area contributed by atoms with Gasteiger partial charge < -0.3 is 30.3 Å². The molecule has 0 saturated carbocycles. The largest absolute Gasteiger partial charge is 0.444 e. The van der Waals surface area contributed by atoms with Crippen LogP contribution in [0, 0.1) is 0 Å². The van der Waals surface area contributed by atoms with E-state index in [1.807, 2.05) is 62.4 Å². The van der Waals surface area contributed by atoms with Crippen molar-refractivity contribution in [3.63, 3.8) is 0 Å². The minimum atomic E-state index is -0.748. The van der Waals surface area contributed by atoms with Crippen LogP contribution in [0.2, 0.25) is 0 Å². The van der Waals surface area contributed by atoms with Crippen molar-refractivity contribution in [2.75, 3.05) is 39.9 Å². The van der Waals surface area contributed by atoms with Crippen molar-refractivity contribution in [3.05, 3.63) is 92.9 Å². The van der Waals surface area contributed by atoms with E-state index in [1.165, 1.54) is 22.7 Å². The van der Waals surface area contributed by atoms with Crippen LogP contribution >= 0.6 is 22.7 Å². The number of nitrogens with zero attached hydrogens (tertiary/aromatic N) is 4. The van der Waals surface area contributed by atoms with Crippen molar-refractivity contribution in [3.8, 4) is 0 Å². The summed E-state index contributed by atoms with van der Waals surface area (Å²) >= 11 is 2.91. The maximum absolute atomic E-state index is 14.1. The first-order chi connectivity index (χ1) is 24.8. The van der Waals surface area contributed by atoms with Gasteiger partial charge in [-0.3, -0.25) is 19.7 Å². The van der Waals surface area contributed by atoms with Gasteiger partial charge in [0.2, 0.25) is 5.91 Å². The summed E-state index contributed by atoms with van der Waals surface area (Å²) in [5.41, 5.74) is 5.60. The Balaban J connectivity index is 1.47. The van der Waals surface area contributed by atoms with Crippen LogP contribution in [0.4, 0.5) is 9.59 Å². The molecule has 1 fully saturated rings. The summed E-state index contributed by atoms with van der Waals surface area (Å²) in [7, 11) is 1.71. The van der Waals surface area contributed by atoms with Gasteiger partial charge in [-0.25, -0.2) is 9.59 Å². The highest BCUT2D eigenvalue weighted by Crippen LogP contribution is 2.17. The predicted octanol–water partition coefficient (Wildman–Crippen LogP) is 5.55. The van der Waals surface area contributed by atoms with E-state index in [0.717, 1.165) is 34.0 Å². The van der Waals surface area contributed by atoms with Crippen molar-refractivity contribution in [1.82, 2.24) is 35.7 Å². The molecule has 1 aliphatic rings. The van der Waals surface area contributed by atoms with Crippen LogP contribution in [0.15, 0.2) is 77.5 Å². The van der Waals surface area contributed by atoms with E-state index in [-0.39, 0.29) is 30.6 Å². The number of aromatic nitrogens is 2. The van der Waals surface area contributed by atoms with Crippen LogP contribution < -0.4 is 16.0 Å². The number of allylic oxidation sites excluding steroid dienone is 3. The molecule has 3 heterocycles. The molecule has 1 saturated heterocycles. The molecule has 0 radical (unpaired) electrons. The molecule has 276 valence electrons. The van der Waals surface area contributed by atoms with Crippen molar-refractivity contribution in [2.45, 2.75) is 77.2 Å². The number of alkyl carbamates (subject to hydrolysis) is 1. The molecule has 0 bridgehead atoms. The second-order valence-electron chi connectivity index (χ2n) is 12.5. The molecule has 0 spiro atoms. The highest BCUT2D eigenvalue weighted by Gasteiger charge is 2.27. The number of hydrogen-bond donors (Lipinski definition) is 3. The molecule has 3 unspecified atom stereocenters. The first-order valence-electron chi connectivity index (χ1n) is 17.4. The lowest BCUT2D eigenvalue weighted by Gasteiger charge is -2.30. The number of morpholine rings is 1. The SMILES string of the molecule is C/C=C\C(=C/C)CC(CCC(Cc1ccccc1)NC(=O)C(CCN1CCOCC1)NC(=O)N(C)Cc1cncs1)NC(=O)OCc1cncs1. The van der Waals surface area contributed by atoms with Gasteiger partial charge in [0.05, 0.1) is 35.7 Å². The number of thiazole rings is 2. The molecule has 14 heteroatoms. The third-order valence-corrected chi connectivity index (χ3v) is 10.1. The number of ether oxygens (including phenoxy) is 2. The third kappa shape index (κ3) is 14.6.